The number of amides is 1. The summed E-state index contributed by atoms with van der Waals surface area (Å²) in [6.07, 6.45) is 0. The molecule has 1 aromatic carbocycles. The second kappa shape index (κ2) is 4.50. The van der Waals surface area contributed by atoms with E-state index in [1.54, 1.807) is 16.2 Å². The summed E-state index contributed by atoms with van der Waals surface area (Å²) in [5, 5.41) is 2.01. The average molecular weight is 323 g/mol. The fourth-order valence-electron chi connectivity index (χ4n) is 2.16. The summed E-state index contributed by atoms with van der Waals surface area (Å²) >= 11 is 5.06. The number of nitrogens with zero attached hydrogens (tertiary/aromatic N) is 1. The molecular weight excluding hydrogens is 312 g/mol. The molecular formula is C13H11BrN2OS. The van der Waals surface area contributed by atoms with Crippen molar-refractivity contribution in [3.8, 4) is 0 Å². The molecule has 0 aliphatic carbocycles. The highest BCUT2D eigenvalue weighted by molar-refractivity contribution is 9.10. The van der Waals surface area contributed by atoms with Crippen molar-refractivity contribution in [3.63, 3.8) is 0 Å². The Labute approximate surface area is 117 Å². The molecule has 5 heteroatoms. The van der Waals surface area contributed by atoms with Crippen molar-refractivity contribution < 1.29 is 4.79 Å². The van der Waals surface area contributed by atoms with E-state index < -0.39 is 6.04 Å². The Kier molecular flexibility index (Phi) is 2.97. The van der Waals surface area contributed by atoms with Crippen LogP contribution in [0.3, 0.4) is 0 Å². The van der Waals surface area contributed by atoms with Crippen LogP contribution in [-0.2, 0) is 11.3 Å². The first kappa shape index (κ1) is 11.9. The van der Waals surface area contributed by atoms with E-state index in [0.29, 0.717) is 6.54 Å². The van der Waals surface area contributed by atoms with Crippen LogP contribution in [0, 0.1) is 0 Å². The van der Waals surface area contributed by atoms with Crippen LogP contribution in [0.5, 0.6) is 0 Å². The van der Waals surface area contributed by atoms with Crippen LogP contribution < -0.4 is 10.6 Å². The van der Waals surface area contributed by atoms with Gasteiger partial charge in [0.25, 0.3) is 0 Å². The van der Waals surface area contributed by atoms with Gasteiger partial charge in [0.15, 0.2) is 0 Å². The lowest BCUT2D eigenvalue weighted by atomic mass is 10.1. The van der Waals surface area contributed by atoms with E-state index >= 15 is 0 Å². The van der Waals surface area contributed by atoms with E-state index in [-0.39, 0.29) is 5.91 Å². The second-order valence-corrected chi connectivity index (χ2v) is 6.13. The van der Waals surface area contributed by atoms with Crippen LogP contribution >= 0.6 is 27.3 Å². The number of anilines is 1. The predicted octanol–water partition coefficient (Wildman–Crippen LogP) is 3.06. The third kappa shape index (κ3) is 1.88. The minimum Gasteiger partial charge on any atom is -0.316 e. The molecule has 2 aromatic rings. The quantitative estimate of drug-likeness (QED) is 0.923. The molecule has 3 nitrogen and oxygen atoms in total. The molecule has 0 saturated carbocycles. The third-order valence-corrected chi connectivity index (χ3v) is 4.40. The first-order chi connectivity index (χ1) is 8.66. The fourth-order valence-corrected chi connectivity index (χ4v) is 3.23. The minimum absolute atomic E-state index is 0.0310. The van der Waals surface area contributed by atoms with Gasteiger partial charge in [0.05, 0.1) is 6.54 Å². The van der Waals surface area contributed by atoms with Crippen molar-refractivity contribution in [2.24, 2.45) is 5.73 Å². The zero-order valence-electron chi connectivity index (χ0n) is 9.47. The molecule has 1 unspecified atom stereocenters. The molecule has 0 bridgehead atoms. The maximum atomic E-state index is 12.2. The number of hydrogen-bond acceptors (Lipinski definition) is 3. The predicted molar refractivity (Wildman–Crippen MR) is 76.6 cm³/mol. The molecule has 1 aliphatic heterocycles. The first-order valence-corrected chi connectivity index (χ1v) is 7.23. The number of hydrogen-bond donors (Lipinski definition) is 1. The zero-order valence-corrected chi connectivity index (χ0v) is 11.9. The summed E-state index contributed by atoms with van der Waals surface area (Å²) in [5.41, 5.74) is 7.78. The molecule has 92 valence electrons. The Morgan fingerprint density at radius 3 is 2.94 bits per heavy atom. The Balaban J connectivity index is 1.99. The van der Waals surface area contributed by atoms with E-state index in [1.165, 1.54) is 0 Å². The van der Waals surface area contributed by atoms with Crippen molar-refractivity contribution in [1.29, 1.82) is 0 Å². The Hall–Kier alpha value is -1.17. The minimum atomic E-state index is -0.544. The SMILES string of the molecule is NC1C(=O)N(Cc2cccs2)c2ccc(Br)cc21. The molecule has 18 heavy (non-hydrogen) atoms. The maximum Gasteiger partial charge on any atom is 0.248 e. The molecule has 1 atom stereocenters. The monoisotopic (exact) mass is 322 g/mol. The highest BCUT2D eigenvalue weighted by Crippen LogP contribution is 2.37. The van der Waals surface area contributed by atoms with Crippen molar-refractivity contribution in [2.45, 2.75) is 12.6 Å². The number of rotatable bonds is 2. The van der Waals surface area contributed by atoms with Crippen molar-refractivity contribution >= 4 is 38.9 Å². The van der Waals surface area contributed by atoms with Crippen molar-refractivity contribution in [1.82, 2.24) is 0 Å². The Morgan fingerprint density at radius 2 is 2.22 bits per heavy atom. The number of thiophene rings is 1. The van der Waals surface area contributed by atoms with Gasteiger partial charge in [0.2, 0.25) is 5.91 Å². The van der Waals surface area contributed by atoms with Gasteiger partial charge in [-0.05, 0) is 29.6 Å². The van der Waals surface area contributed by atoms with Crippen molar-refractivity contribution in [2.75, 3.05) is 4.90 Å². The van der Waals surface area contributed by atoms with Crippen LogP contribution in [0.15, 0.2) is 40.2 Å². The molecule has 1 aliphatic rings. The van der Waals surface area contributed by atoms with Gasteiger partial charge in [-0.2, -0.15) is 0 Å². The van der Waals surface area contributed by atoms with Gasteiger partial charge in [0, 0.05) is 20.6 Å². The van der Waals surface area contributed by atoms with Crippen LogP contribution in [0.4, 0.5) is 5.69 Å². The first-order valence-electron chi connectivity index (χ1n) is 5.55. The zero-order chi connectivity index (χ0) is 12.7. The number of nitrogens with two attached hydrogens (primary N) is 1. The van der Waals surface area contributed by atoms with Crippen LogP contribution in [-0.4, -0.2) is 5.91 Å². The van der Waals surface area contributed by atoms with E-state index in [2.05, 4.69) is 15.9 Å². The largest absolute Gasteiger partial charge is 0.316 e. The Bertz CT molecular complexity index is 597. The molecule has 0 fully saturated rings. The van der Waals surface area contributed by atoms with Gasteiger partial charge < -0.3 is 10.6 Å². The number of carbonyl (C=O) groups is 1. The van der Waals surface area contributed by atoms with Gasteiger partial charge in [-0.1, -0.05) is 22.0 Å². The summed E-state index contributed by atoms with van der Waals surface area (Å²) in [6.45, 7) is 0.596. The normalized spacial score (nSPS) is 18.2. The van der Waals surface area contributed by atoms with Crippen molar-refractivity contribution in [3.05, 3.63) is 50.6 Å². The summed E-state index contributed by atoms with van der Waals surface area (Å²) in [5.74, 6) is -0.0310. The highest BCUT2D eigenvalue weighted by atomic mass is 79.9. The summed E-state index contributed by atoms with van der Waals surface area (Å²) in [4.78, 5) is 15.1. The van der Waals surface area contributed by atoms with E-state index in [1.807, 2.05) is 35.7 Å². The summed E-state index contributed by atoms with van der Waals surface area (Å²) in [6, 6.07) is 9.27. The topological polar surface area (TPSA) is 46.3 Å². The lowest BCUT2D eigenvalue weighted by Gasteiger charge is -2.16. The Morgan fingerprint density at radius 1 is 1.39 bits per heavy atom. The maximum absolute atomic E-state index is 12.2. The van der Waals surface area contributed by atoms with Gasteiger partial charge in [-0.3, -0.25) is 4.79 Å². The van der Waals surface area contributed by atoms with Gasteiger partial charge >= 0.3 is 0 Å². The molecule has 2 heterocycles. The van der Waals surface area contributed by atoms with Gasteiger partial charge in [0.1, 0.15) is 6.04 Å². The third-order valence-electron chi connectivity index (χ3n) is 3.04. The second-order valence-electron chi connectivity index (χ2n) is 4.18. The van der Waals surface area contributed by atoms with E-state index in [9.17, 15) is 4.79 Å². The average Bonchev–Trinajstić information content (AvgIpc) is 2.94. The molecule has 0 spiro atoms. The van der Waals surface area contributed by atoms with Crippen LogP contribution in [0.2, 0.25) is 0 Å². The van der Waals surface area contributed by atoms with E-state index in [0.717, 1.165) is 20.6 Å². The standard InChI is InChI=1S/C13H11BrN2OS/c14-8-3-4-11-10(6-8)12(15)13(17)16(11)7-9-2-1-5-18-9/h1-6,12H,7,15H2. The van der Waals surface area contributed by atoms with Gasteiger partial charge in [-0.25, -0.2) is 0 Å². The number of fused-ring (bicyclic) bond motifs is 1. The lowest BCUT2D eigenvalue weighted by molar-refractivity contribution is -0.119. The number of benzene rings is 1. The van der Waals surface area contributed by atoms with Crippen LogP contribution in [0.25, 0.3) is 0 Å². The number of halogens is 1. The molecule has 0 radical (unpaired) electrons. The molecule has 3 rings (SSSR count). The lowest BCUT2D eigenvalue weighted by Crippen LogP contribution is -2.30. The molecule has 2 N–H and O–H groups in total. The molecule has 0 saturated heterocycles. The smallest absolute Gasteiger partial charge is 0.248 e. The van der Waals surface area contributed by atoms with Crippen LogP contribution in [0.1, 0.15) is 16.5 Å². The summed E-state index contributed by atoms with van der Waals surface area (Å²) < 4.78 is 0.947. The summed E-state index contributed by atoms with van der Waals surface area (Å²) in [7, 11) is 0. The molecule has 1 amide bonds. The number of carbonyl (C=O) groups excluding carboxylic acids is 1. The van der Waals surface area contributed by atoms with E-state index in [4.69, 9.17) is 5.73 Å². The molecule has 1 aromatic heterocycles. The highest BCUT2D eigenvalue weighted by Gasteiger charge is 2.34. The van der Waals surface area contributed by atoms with Gasteiger partial charge in [-0.15, -0.1) is 11.3 Å². The fraction of sp³-hybridized carbons (Fsp3) is 0.154.